The molecule has 1 heterocycles. The number of rotatable bonds is 7. The maximum absolute atomic E-state index is 12.5. The van der Waals surface area contributed by atoms with Gasteiger partial charge in [-0.25, -0.2) is 0 Å². The smallest absolute Gasteiger partial charge is 0.258 e. The van der Waals surface area contributed by atoms with Crippen molar-refractivity contribution in [3.8, 4) is 5.88 Å². The lowest BCUT2D eigenvalue weighted by molar-refractivity contribution is 0.0923. The maximum atomic E-state index is 12.5. The van der Waals surface area contributed by atoms with Crippen LogP contribution in [0.2, 0.25) is 0 Å². The molecule has 1 amide bonds. The third-order valence-electron chi connectivity index (χ3n) is 3.81. The van der Waals surface area contributed by atoms with Crippen LogP contribution in [0.4, 0.5) is 0 Å². The maximum Gasteiger partial charge on any atom is 0.258 e. The average Bonchev–Trinajstić information content (AvgIpc) is 2.89. The molecule has 1 aromatic heterocycles. The largest absolute Gasteiger partial charge is 0.476 e. The molecule has 2 rings (SSSR count). The molecule has 5 heteroatoms. The first kappa shape index (κ1) is 15.9. The Labute approximate surface area is 127 Å². The molecule has 0 saturated heterocycles. The van der Waals surface area contributed by atoms with Gasteiger partial charge in [-0.3, -0.25) is 9.48 Å². The van der Waals surface area contributed by atoms with Gasteiger partial charge >= 0.3 is 0 Å². The molecular formula is C16H27N3O2. The van der Waals surface area contributed by atoms with Crippen LogP contribution in [0, 0.1) is 0 Å². The van der Waals surface area contributed by atoms with Crippen LogP contribution < -0.4 is 10.1 Å². The van der Waals surface area contributed by atoms with Gasteiger partial charge in [0.1, 0.15) is 5.56 Å². The Morgan fingerprint density at radius 1 is 1.33 bits per heavy atom. The van der Waals surface area contributed by atoms with Crippen LogP contribution >= 0.6 is 0 Å². The number of nitrogens with one attached hydrogen (secondary N) is 1. The molecule has 1 aliphatic rings. The number of carbonyl (C=O) groups is 1. The van der Waals surface area contributed by atoms with Crippen molar-refractivity contribution in [1.82, 2.24) is 15.1 Å². The van der Waals surface area contributed by atoms with Gasteiger partial charge in [-0.15, -0.1) is 5.10 Å². The summed E-state index contributed by atoms with van der Waals surface area (Å²) < 4.78 is 7.44. The van der Waals surface area contributed by atoms with Crippen molar-refractivity contribution in [3.63, 3.8) is 0 Å². The fraction of sp³-hybridized carbons (Fsp3) is 0.750. The van der Waals surface area contributed by atoms with E-state index in [-0.39, 0.29) is 5.91 Å². The lowest BCUT2D eigenvalue weighted by Crippen LogP contribution is -2.36. The van der Waals surface area contributed by atoms with Gasteiger partial charge in [-0.2, -0.15) is 0 Å². The summed E-state index contributed by atoms with van der Waals surface area (Å²) in [5.74, 6) is 0.425. The van der Waals surface area contributed by atoms with Crippen molar-refractivity contribution < 1.29 is 9.53 Å². The number of hydrogen-bond acceptors (Lipinski definition) is 3. The minimum atomic E-state index is -0.0460. The van der Waals surface area contributed by atoms with E-state index >= 15 is 0 Å². The second kappa shape index (κ2) is 8.05. The van der Waals surface area contributed by atoms with Gasteiger partial charge in [0.15, 0.2) is 0 Å². The van der Waals surface area contributed by atoms with Gasteiger partial charge in [0, 0.05) is 18.8 Å². The molecule has 0 radical (unpaired) electrons. The van der Waals surface area contributed by atoms with E-state index in [9.17, 15) is 4.79 Å². The predicted octanol–water partition coefficient (Wildman–Crippen LogP) is 3.14. The molecule has 0 atom stereocenters. The first-order valence-corrected chi connectivity index (χ1v) is 8.25. The van der Waals surface area contributed by atoms with Crippen LogP contribution in [0.1, 0.15) is 69.2 Å². The topological polar surface area (TPSA) is 56.2 Å². The number of nitrogens with zero attached hydrogens (tertiary/aromatic N) is 2. The van der Waals surface area contributed by atoms with E-state index in [1.54, 1.807) is 4.68 Å². The van der Waals surface area contributed by atoms with Gasteiger partial charge in [0.2, 0.25) is 5.88 Å². The summed E-state index contributed by atoms with van der Waals surface area (Å²) in [7, 11) is 0. The zero-order valence-corrected chi connectivity index (χ0v) is 13.2. The van der Waals surface area contributed by atoms with Gasteiger partial charge in [0.25, 0.3) is 5.91 Å². The number of carbonyl (C=O) groups excluding carboxylic acids is 1. The minimum Gasteiger partial charge on any atom is -0.476 e. The van der Waals surface area contributed by atoms with Crippen LogP contribution in [0.5, 0.6) is 5.88 Å². The van der Waals surface area contributed by atoms with Crippen molar-refractivity contribution in [2.45, 2.75) is 71.4 Å². The molecule has 1 N–H and O–H groups in total. The van der Waals surface area contributed by atoms with Crippen molar-refractivity contribution in [2.75, 3.05) is 6.61 Å². The van der Waals surface area contributed by atoms with Crippen LogP contribution in [0.25, 0.3) is 0 Å². The van der Waals surface area contributed by atoms with Gasteiger partial charge < -0.3 is 10.1 Å². The Hall–Kier alpha value is -1.52. The molecule has 21 heavy (non-hydrogen) atoms. The summed E-state index contributed by atoms with van der Waals surface area (Å²) in [5.41, 5.74) is 0.572. The second-order valence-electron chi connectivity index (χ2n) is 5.77. The molecule has 0 unspecified atom stereocenters. The molecule has 5 nitrogen and oxygen atoms in total. The SMILES string of the molecule is CCCOc1nn(CCC)cc1C(=O)NC1CCCCC1. The Morgan fingerprint density at radius 2 is 2.10 bits per heavy atom. The summed E-state index contributed by atoms with van der Waals surface area (Å²) in [6, 6.07) is 0.305. The summed E-state index contributed by atoms with van der Waals surface area (Å²) in [6.45, 7) is 5.53. The Morgan fingerprint density at radius 3 is 2.76 bits per heavy atom. The van der Waals surface area contributed by atoms with E-state index in [0.717, 1.165) is 32.2 Å². The van der Waals surface area contributed by atoms with Crippen LogP contribution in [-0.2, 0) is 6.54 Å². The van der Waals surface area contributed by atoms with Crippen LogP contribution in [0.15, 0.2) is 6.20 Å². The third-order valence-corrected chi connectivity index (χ3v) is 3.81. The second-order valence-corrected chi connectivity index (χ2v) is 5.77. The Kier molecular flexibility index (Phi) is 6.08. The number of ether oxygens (including phenoxy) is 1. The van der Waals surface area contributed by atoms with Gasteiger partial charge in [-0.05, 0) is 25.7 Å². The van der Waals surface area contributed by atoms with Crippen LogP contribution in [0.3, 0.4) is 0 Å². The van der Waals surface area contributed by atoms with Gasteiger partial charge in [-0.1, -0.05) is 33.1 Å². The number of hydrogen-bond donors (Lipinski definition) is 1. The molecular weight excluding hydrogens is 266 g/mol. The molecule has 0 aliphatic heterocycles. The van der Waals surface area contributed by atoms with E-state index in [4.69, 9.17) is 4.74 Å². The zero-order chi connectivity index (χ0) is 15.1. The molecule has 0 spiro atoms. The summed E-state index contributed by atoms with van der Waals surface area (Å²) >= 11 is 0. The standard InChI is InChI=1S/C16H27N3O2/c1-3-10-19-12-14(16(18-19)21-11-4-2)15(20)17-13-8-6-5-7-9-13/h12-13H,3-11H2,1-2H3,(H,17,20). The summed E-state index contributed by atoms with van der Waals surface area (Å²) in [4.78, 5) is 12.5. The highest BCUT2D eigenvalue weighted by atomic mass is 16.5. The fourth-order valence-electron chi connectivity index (χ4n) is 2.72. The normalized spacial score (nSPS) is 15.9. The highest BCUT2D eigenvalue weighted by Crippen LogP contribution is 2.20. The average molecular weight is 293 g/mol. The Balaban J connectivity index is 2.05. The highest BCUT2D eigenvalue weighted by Gasteiger charge is 2.21. The Bertz CT molecular complexity index is 450. The van der Waals surface area contributed by atoms with E-state index in [0.29, 0.717) is 24.1 Å². The van der Waals surface area contributed by atoms with Crippen molar-refractivity contribution in [1.29, 1.82) is 0 Å². The zero-order valence-electron chi connectivity index (χ0n) is 13.2. The first-order valence-electron chi connectivity index (χ1n) is 8.25. The molecule has 118 valence electrons. The van der Waals surface area contributed by atoms with Crippen molar-refractivity contribution in [2.24, 2.45) is 0 Å². The fourth-order valence-corrected chi connectivity index (χ4v) is 2.72. The molecule has 0 aromatic carbocycles. The molecule has 1 saturated carbocycles. The quantitative estimate of drug-likeness (QED) is 0.840. The summed E-state index contributed by atoms with van der Waals surface area (Å²) in [5, 5.41) is 7.52. The monoisotopic (exact) mass is 293 g/mol. The number of amides is 1. The lowest BCUT2D eigenvalue weighted by Gasteiger charge is -2.22. The molecule has 1 fully saturated rings. The third kappa shape index (κ3) is 4.48. The summed E-state index contributed by atoms with van der Waals surface area (Å²) in [6.07, 6.45) is 9.57. The lowest BCUT2D eigenvalue weighted by atomic mass is 9.95. The van der Waals surface area contributed by atoms with E-state index in [2.05, 4.69) is 17.3 Å². The highest BCUT2D eigenvalue weighted by molar-refractivity contribution is 5.96. The van der Waals surface area contributed by atoms with E-state index in [1.807, 2.05) is 13.1 Å². The molecule has 1 aliphatic carbocycles. The number of aryl methyl sites for hydroxylation is 1. The van der Waals surface area contributed by atoms with Crippen LogP contribution in [-0.4, -0.2) is 28.3 Å². The minimum absolute atomic E-state index is 0.0460. The number of aromatic nitrogens is 2. The molecule has 1 aromatic rings. The molecule has 0 bridgehead atoms. The van der Waals surface area contributed by atoms with Gasteiger partial charge in [0.05, 0.1) is 6.61 Å². The van der Waals surface area contributed by atoms with Crippen molar-refractivity contribution in [3.05, 3.63) is 11.8 Å². The van der Waals surface area contributed by atoms with E-state index < -0.39 is 0 Å². The van der Waals surface area contributed by atoms with Crippen molar-refractivity contribution >= 4 is 5.91 Å². The first-order chi connectivity index (χ1) is 10.2. The predicted molar refractivity (Wildman–Crippen MR) is 82.6 cm³/mol. The van der Waals surface area contributed by atoms with E-state index in [1.165, 1.54) is 19.3 Å².